The van der Waals surface area contributed by atoms with Gasteiger partial charge in [-0.3, -0.25) is 4.79 Å². The second kappa shape index (κ2) is 12.6. The highest BCUT2D eigenvalue weighted by Gasteiger charge is 2.40. The fraction of sp³-hybridized carbons (Fsp3) is 0.750. The third-order valence-corrected chi connectivity index (χ3v) is 7.78. The minimum atomic E-state index is -0.695. The van der Waals surface area contributed by atoms with E-state index in [1.54, 1.807) is 5.57 Å². The second-order valence-corrected chi connectivity index (χ2v) is 10.3. The number of hydrogen-bond donors (Lipinski definition) is 2. The van der Waals surface area contributed by atoms with Crippen LogP contribution in [0, 0.1) is 23.7 Å². The first-order chi connectivity index (χ1) is 15.1. The molecule has 0 aromatic rings. The van der Waals surface area contributed by atoms with E-state index < -0.39 is 5.97 Å². The molecule has 0 bridgehead atoms. The van der Waals surface area contributed by atoms with Crippen molar-refractivity contribution in [3.8, 4) is 0 Å². The monoisotopic (exact) mass is 428 g/mol. The Hall–Kier alpha value is -1.35. The van der Waals surface area contributed by atoms with Gasteiger partial charge < -0.3 is 10.2 Å². The fourth-order valence-corrected chi connectivity index (χ4v) is 5.85. The number of unbranched alkanes of at least 4 members (excludes halogenated alkanes) is 3. The first-order valence-electron chi connectivity index (χ1n) is 13.0. The highest BCUT2D eigenvalue weighted by atomic mass is 16.4. The van der Waals surface area contributed by atoms with E-state index in [0.29, 0.717) is 5.92 Å². The molecule has 2 saturated carbocycles. The van der Waals surface area contributed by atoms with Crippen LogP contribution in [0.1, 0.15) is 103 Å². The van der Waals surface area contributed by atoms with Crippen LogP contribution in [-0.2, 0) is 4.79 Å². The molecule has 4 unspecified atom stereocenters. The Morgan fingerprint density at radius 2 is 1.87 bits per heavy atom. The van der Waals surface area contributed by atoms with Gasteiger partial charge >= 0.3 is 5.97 Å². The van der Waals surface area contributed by atoms with Crippen molar-refractivity contribution < 1.29 is 15.0 Å². The topological polar surface area (TPSA) is 57.5 Å². The van der Waals surface area contributed by atoms with Crippen LogP contribution in [0.4, 0.5) is 0 Å². The lowest BCUT2D eigenvalue weighted by molar-refractivity contribution is -0.137. The van der Waals surface area contributed by atoms with Gasteiger partial charge in [-0.2, -0.15) is 0 Å². The van der Waals surface area contributed by atoms with Crippen molar-refractivity contribution in [2.45, 2.75) is 109 Å². The number of carbonyl (C=O) groups is 1. The third-order valence-electron chi connectivity index (χ3n) is 7.78. The summed E-state index contributed by atoms with van der Waals surface area (Å²) in [5.74, 6) is 2.57. The van der Waals surface area contributed by atoms with Crippen molar-refractivity contribution in [1.29, 1.82) is 0 Å². The molecular formula is C28H44O3. The van der Waals surface area contributed by atoms with Gasteiger partial charge in [-0.15, -0.1) is 0 Å². The van der Waals surface area contributed by atoms with Gasteiger partial charge in [0.2, 0.25) is 0 Å². The average molecular weight is 429 g/mol. The summed E-state index contributed by atoms with van der Waals surface area (Å²) in [5, 5.41) is 19.3. The number of aliphatic carboxylic acids is 1. The smallest absolute Gasteiger partial charge is 0.303 e. The molecule has 0 amide bonds. The molecule has 0 spiro atoms. The Morgan fingerprint density at radius 1 is 1.06 bits per heavy atom. The summed E-state index contributed by atoms with van der Waals surface area (Å²) in [6, 6.07) is 0. The SMILES string of the molecule is CCCCCC(O)C1=CC=C(C2C(CC=CCCCC(=O)O)CCC2CC2CC2)CC1. The van der Waals surface area contributed by atoms with E-state index in [1.807, 2.05) is 0 Å². The Bertz CT molecular complexity index is 655. The lowest BCUT2D eigenvalue weighted by Crippen LogP contribution is -2.21. The number of carboxylic acid groups (broad SMARTS) is 1. The van der Waals surface area contributed by atoms with Crippen LogP contribution >= 0.6 is 0 Å². The molecular weight excluding hydrogens is 384 g/mol. The molecule has 3 aliphatic rings. The normalized spacial score (nSPS) is 27.4. The third kappa shape index (κ3) is 7.93. The highest BCUT2D eigenvalue weighted by molar-refractivity contribution is 5.66. The zero-order valence-corrected chi connectivity index (χ0v) is 19.6. The van der Waals surface area contributed by atoms with Crippen molar-refractivity contribution >= 4 is 5.97 Å². The van der Waals surface area contributed by atoms with Gasteiger partial charge in [0, 0.05) is 6.42 Å². The molecule has 3 heteroatoms. The number of allylic oxidation sites excluding steroid dienone is 5. The lowest BCUT2D eigenvalue weighted by Gasteiger charge is -2.30. The van der Waals surface area contributed by atoms with E-state index in [2.05, 4.69) is 31.2 Å². The summed E-state index contributed by atoms with van der Waals surface area (Å²) < 4.78 is 0. The van der Waals surface area contributed by atoms with Gasteiger partial charge in [-0.1, -0.05) is 68.9 Å². The molecule has 4 atom stereocenters. The number of hydrogen-bond acceptors (Lipinski definition) is 2. The van der Waals surface area contributed by atoms with E-state index in [0.717, 1.165) is 62.7 Å². The van der Waals surface area contributed by atoms with Crippen LogP contribution in [0.5, 0.6) is 0 Å². The maximum absolute atomic E-state index is 10.7. The van der Waals surface area contributed by atoms with Crippen molar-refractivity contribution in [3.63, 3.8) is 0 Å². The zero-order chi connectivity index (χ0) is 22.1. The predicted octanol–water partition coefficient (Wildman–Crippen LogP) is 7.22. The van der Waals surface area contributed by atoms with Crippen LogP contribution in [0.3, 0.4) is 0 Å². The summed E-state index contributed by atoms with van der Waals surface area (Å²) >= 11 is 0. The fourth-order valence-electron chi connectivity index (χ4n) is 5.85. The summed E-state index contributed by atoms with van der Waals surface area (Å²) in [7, 11) is 0. The van der Waals surface area contributed by atoms with E-state index in [9.17, 15) is 9.90 Å². The van der Waals surface area contributed by atoms with Crippen LogP contribution in [-0.4, -0.2) is 22.3 Å². The zero-order valence-electron chi connectivity index (χ0n) is 19.6. The molecule has 0 aromatic heterocycles. The van der Waals surface area contributed by atoms with E-state index >= 15 is 0 Å². The molecule has 0 heterocycles. The molecule has 31 heavy (non-hydrogen) atoms. The van der Waals surface area contributed by atoms with E-state index in [4.69, 9.17) is 5.11 Å². The predicted molar refractivity (Wildman–Crippen MR) is 128 cm³/mol. The number of aliphatic hydroxyl groups excluding tert-OH is 1. The largest absolute Gasteiger partial charge is 0.481 e. The van der Waals surface area contributed by atoms with Crippen molar-refractivity contribution in [1.82, 2.24) is 0 Å². The first-order valence-corrected chi connectivity index (χ1v) is 13.0. The number of aliphatic hydroxyl groups is 1. The summed E-state index contributed by atoms with van der Waals surface area (Å²) in [6.45, 7) is 2.21. The van der Waals surface area contributed by atoms with E-state index in [-0.39, 0.29) is 12.5 Å². The average Bonchev–Trinajstić information content (AvgIpc) is 3.49. The molecule has 0 saturated heterocycles. The van der Waals surface area contributed by atoms with Crippen LogP contribution in [0.15, 0.2) is 35.5 Å². The second-order valence-electron chi connectivity index (χ2n) is 10.3. The van der Waals surface area contributed by atoms with Gasteiger partial charge in [-0.05, 0) is 87.0 Å². The quantitative estimate of drug-likeness (QED) is 0.227. The maximum Gasteiger partial charge on any atom is 0.303 e. The van der Waals surface area contributed by atoms with Gasteiger partial charge in [0.25, 0.3) is 0 Å². The molecule has 2 fully saturated rings. The van der Waals surface area contributed by atoms with Crippen molar-refractivity contribution in [2.75, 3.05) is 0 Å². The van der Waals surface area contributed by atoms with Crippen LogP contribution in [0.2, 0.25) is 0 Å². The number of carboxylic acids is 1. The van der Waals surface area contributed by atoms with Gasteiger partial charge in [-0.25, -0.2) is 0 Å². The number of rotatable bonds is 14. The Labute approximate surface area is 189 Å². The van der Waals surface area contributed by atoms with Crippen LogP contribution in [0.25, 0.3) is 0 Å². The van der Waals surface area contributed by atoms with Gasteiger partial charge in [0.1, 0.15) is 0 Å². The van der Waals surface area contributed by atoms with Crippen molar-refractivity contribution in [2.24, 2.45) is 23.7 Å². The standard InChI is InChI=1S/C28H44O3/c1-2-3-6-10-26(29)22-14-16-24(17-15-22)28-23(9-7-4-5-8-11-27(30)31)18-19-25(28)20-21-12-13-21/h4,7,14,16,21,23,25-26,28-29H,2-3,5-6,8-13,15,17-20H2,1H3,(H,30,31). The minimum Gasteiger partial charge on any atom is -0.481 e. The molecule has 3 nitrogen and oxygen atoms in total. The Morgan fingerprint density at radius 3 is 2.55 bits per heavy atom. The summed E-state index contributed by atoms with van der Waals surface area (Å²) in [6.07, 6.45) is 25.5. The maximum atomic E-state index is 10.7. The van der Waals surface area contributed by atoms with Crippen LogP contribution < -0.4 is 0 Å². The molecule has 174 valence electrons. The Balaban J connectivity index is 1.58. The highest BCUT2D eigenvalue weighted by Crippen LogP contribution is 2.51. The molecule has 3 rings (SSSR count). The summed E-state index contributed by atoms with van der Waals surface area (Å²) in [5.41, 5.74) is 2.88. The van der Waals surface area contributed by atoms with Crippen molar-refractivity contribution in [3.05, 3.63) is 35.5 Å². The van der Waals surface area contributed by atoms with Gasteiger partial charge in [0.05, 0.1) is 6.10 Å². The molecule has 2 N–H and O–H groups in total. The van der Waals surface area contributed by atoms with E-state index in [1.165, 1.54) is 50.5 Å². The summed E-state index contributed by atoms with van der Waals surface area (Å²) in [4.78, 5) is 10.7. The molecule has 0 aliphatic heterocycles. The van der Waals surface area contributed by atoms with Gasteiger partial charge in [0.15, 0.2) is 0 Å². The molecule has 0 radical (unpaired) electrons. The lowest BCUT2D eigenvalue weighted by atomic mass is 9.75. The Kier molecular flexibility index (Phi) is 9.90. The molecule has 0 aromatic carbocycles. The minimum absolute atomic E-state index is 0.250. The molecule has 3 aliphatic carbocycles. The first kappa shape index (κ1) is 24.3.